The summed E-state index contributed by atoms with van der Waals surface area (Å²) < 4.78 is 7.67. The molecule has 4 aromatic rings. The van der Waals surface area contributed by atoms with E-state index in [9.17, 15) is 9.90 Å². The summed E-state index contributed by atoms with van der Waals surface area (Å²) in [5.41, 5.74) is 2.40. The van der Waals surface area contributed by atoms with E-state index in [1.165, 1.54) is 0 Å². The van der Waals surface area contributed by atoms with E-state index >= 15 is 0 Å². The van der Waals surface area contributed by atoms with Gasteiger partial charge in [-0.05, 0) is 48.5 Å². The summed E-state index contributed by atoms with van der Waals surface area (Å²) in [6.45, 7) is 0.906. The first-order valence-electron chi connectivity index (χ1n) is 10.4. The third kappa shape index (κ3) is 5.46. The minimum Gasteiger partial charge on any atom is -0.491 e. The largest absolute Gasteiger partial charge is 0.491 e. The third-order valence-corrected chi connectivity index (χ3v) is 5.31. The molecule has 0 aliphatic carbocycles. The van der Waals surface area contributed by atoms with Gasteiger partial charge in [0, 0.05) is 23.6 Å². The van der Waals surface area contributed by atoms with E-state index < -0.39 is 6.10 Å². The van der Waals surface area contributed by atoms with E-state index in [0.717, 1.165) is 16.9 Å². The number of ether oxygens (including phenoxy) is 1. The summed E-state index contributed by atoms with van der Waals surface area (Å²) in [7, 11) is 0. The molecule has 1 aromatic heterocycles. The lowest BCUT2D eigenvalue weighted by atomic mass is 10.2. The number of imidazole rings is 1. The van der Waals surface area contributed by atoms with Gasteiger partial charge in [-0.15, -0.1) is 0 Å². The molecule has 1 atom stereocenters. The zero-order chi connectivity index (χ0) is 22.3. The highest BCUT2D eigenvalue weighted by Gasteiger charge is 2.15. The number of amides is 1. The van der Waals surface area contributed by atoms with Gasteiger partial charge in [-0.3, -0.25) is 4.79 Å². The van der Waals surface area contributed by atoms with Crippen molar-refractivity contribution in [1.82, 2.24) is 14.9 Å². The summed E-state index contributed by atoms with van der Waals surface area (Å²) in [5.74, 6) is 1.32. The molecule has 1 heterocycles. The van der Waals surface area contributed by atoms with Gasteiger partial charge in [0.15, 0.2) is 0 Å². The smallest absolute Gasteiger partial charge is 0.251 e. The van der Waals surface area contributed by atoms with Crippen LogP contribution >= 0.6 is 11.6 Å². The predicted octanol–water partition coefficient (Wildman–Crippen LogP) is 4.10. The van der Waals surface area contributed by atoms with Crippen LogP contribution in [-0.4, -0.2) is 39.8 Å². The maximum atomic E-state index is 12.3. The third-order valence-electron chi connectivity index (χ3n) is 5.05. The predicted molar refractivity (Wildman–Crippen MR) is 125 cm³/mol. The molecule has 3 aromatic carbocycles. The Balaban J connectivity index is 1.41. The number of carbonyl (C=O) groups is 1. The number of rotatable bonds is 9. The van der Waals surface area contributed by atoms with E-state index in [1.807, 2.05) is 47.0 Å². The molecule has 0 spiro atoms. The van der Waals surface area contributed by atoms with Crippen LogP contribution in [0.15, 0.2) is 78.9 Å². The minimum atomic E-state index is -0.735. The van der Waals surface area contributed by atoms with Gasteiger partial charge in [0.2, 0.25) is 0 Å². The average molecular weight is 450 g/mol. The molecule has 7 heteroatoms. The lowest BCUT2D eigenvalue weighted by Crippen LogP contribution is -2.28. The zero-order valence-corrected chi connectivity index (χ0v) is 18.2. The minimum absolute atomic E-state index is 0.121. The molecule has 0 saturated heterocycles. The number of halogens is 1. The summed E-state index contributed by atoms with van der Waals surface area (Å²) in [5, 5.41) is 14.2. The number of fused-ring (bicyclic) bond motifs is 1. The second-order valence-corrected chi connectivity index (χ2v) is 7.85. The SMILES string of the molecule is O=C(NCCc1nc2ccccc2n1CC(O)COc1ccc(Cl)cc1)c1ccccc1. The molecule has 0 saturated carbocycles. The Bertz CT molecular complexity index is 1180. The van der Waals surface area contributed by atoms with Crippen molar-refractivity contribution >= 4 is 28.5 Å². The lowest BCUT2D eigenvalue weighted by Gasteiger charge is -2.16. The summed E-state index contributed by atoms with van der Waals surface area (Å²) in [4.78, 5) is 17.0. The number of nitrogens with zero attached hydrogens (tertiary/aromatic N) is 2. The Morgan fingerprint density at radius 3 is 2.53 bits per heavy atom. The molecular weight excluding hydrogens is 426 g/mol. The first kappa shape index (κ1) is 21.9. The zero-order valence-electron chi connectivity index (χ0n) is 17.4. The van der Waals surface area contributed by atoms with Crippen molar-refractivity contribution in [2.75, 3.05) is 13.2 Å². The number of aliphatic hydroxyl groups excluding tert-OH is 1. The highest BCUT2D eigenvalue weighted by molar-refractivity contribution is 6.30. The Kier molecular flexibility index (Phi) is 7.04. The molecule has 1 amide bonds. The van der Waals surface area contributed by atoms with Crippen LogP contribution in [0.1, 0.15) is 16.2 Å². The van der Waals surface area contributed by atoms with Gasteiger partial charge in [-0.1, -0.05) is 41.9 Å². The molecule has 0 aliphatic heterocycles. The van der Waals surface area contributed by atoms with Gasteiger partial charge in [-0.2, -0.15) is 0 Å². The van der Waals surface area contributed by atoms with Crippen LogP contribution in [-0.2, 0) is 13.0 Å². The number of para-hydroxylation sites is 2. The van der Waals surface area contributed by atoms with Crippen LogP contribution in [0, 0.1) is 0 Å². The van der Waals surface area contributed by atoms with E-state index in [1.54, 1.807) is 36.4 Å². The van der Waals surface area contributed by atoms with Crippen LogP contribution in [0.2, 0.25) is 5.02 Å². The topological polar surface area (TPSA) is 76.4 Å². The van der Waals surface area contributed by atoms with Crippen molar-refractivity contribution in [2.45, 2.75) is 19.1 Å². The number of aromatic nitrogens is 2. The first-order valence-corrected chi connectivity index (χ1v) is 10.8. The van der Waals surface area contributed by atoms with Crippen molar-refractivity contribution < 1.29 is 14.6 Å². The Labute approximate surface area is 191 Å². The molecule has 0 fully saturated rings. The fraction of sp³-hybridized carbons (Fsp3) is 0.200. The molecule has 164 valence electrons. The van der Waals surface area contributed by atoms with Crippen LogP contribution in [0.4, 0.5) is 0 Å². The van der Waals surface area contributed by atoms with Crippen LogP contribution in [0.3, 0.4) is 0 Å². The molecule has 32 heavy (non-hydrogen) atoms. The molecular formula is C25H24ClN3O3. The quantitative estimate of drug-likeness (QED) is 0.403. The lowest BCUT2D eigenvalue weighted by molar-refractivity contribution is 0.0922. The maximum absolute atomic E-state index is 12.3. The van der Waals surface area contributed by atoms with Crippen LogP contribution < -0.4 is 10.1 Å². The molecule has 0 aliphatic rings. The first-order chi connectivity index (χ1) is 15.6. The number of hydrogen-bond donors (Lipinski definition) is 2. The van der Waals surface area contributed by atoms with E-state index in [4.69, 9.17) is 21.3 Å². The monoisotopic (exact) mass is 449 g/mol. The summed E-state index contributed by atoms with van der Waals surface area (Å²) >= 11 is 5.90. The molecule has 0 bridgehead atoms. The van der Waals surface area contributed by atoms with Crippen molar-refractivity contribution in [1.29, 1.82) is 0 Å². The number of carbonyl (C=O) groups excluding carboxylic acids is 1. The second-order valence-electron chi connectivity index (χ2n) is 7.42. The van der Waals surface area contributed by atoms with Crippen molar-refractivity contribution in [2.24, 2.45) is 0 Å². The van der Waals surface area contributed by atoms with E-state index in [2.05, 4.69) is 5.32 Å². The Morgan fingerprint density at radius 1 is 1.03 bits per heavy atom. The van der Waals surface area contributed by atoms with Gasteiger partial charge < -0.3 is 19.7 Å². The van der Waals surface area contributed by atoms with Gasteiger partial charge in [0.1, 0.15) is 24.3 Å². The van der Waals surface area contributed by atoms with Gasteiger partial charge in [0.05, 0.1) is 17.6 Å². The highest BCUT2D eigenvalue weighted by atomic mass is 35.5. The van der Waals surface area contributed by atoms with Crippen molar-refractivity contribution in [3.63, 3.8) is 0 Å². The fourth-order valence-electron chi connectivity index (χ4n) is 3.49. The number of nitrogens with one attached hydrogen (secondary N) is 1. The Hall–Kier alpha value is -3.35. The highest BCUT2D eigenvalue weighted by Crippen LogP contribution is 2.19. The summed E-state index contributed by atoms with van der Waals surface area (Å²) in [6.07, 6.45) is -0.196. The van der Waals surface area contributed by atoms with Crippen LogP contribution in [0.5, 0.6) is 5.75 Å². The van der Waals surface area contributed by atoms with E-state index in [-0.39, 0.29) is 12.5 Å². The van der Waals surface area contributed by atoms with Crippen LogP contribution in [0.25, 0.3) is 11.0 Å². The molecule has 4 rings (SSSR count). The summed E-state index contributed by atoms with van der Waals surface area (Å²) in [6, 6.07) is 23.9. The normalized spacial score (nSPS) is 11.9. The Morgan fingerprint density at radius 2 is 1.75 bits per heavy atom. The number of hydrogen-bond acceptors (Lipinski definition) is 4. The molecule has 2 N–H and O–H groups in total. The standard InChI is InChI=1S/C25H24ClN3O3/c26-19-10-12-21(13-11-19)32-17-20(30)16-29-23-9-5-4-8-22(23)28-24(29)14-15-27-25(31)18-6-2-1-3-7-18/h1-13,20,30H,14-17H2,(H,27,31). The van der Waals surface area contributed by atoms with E-state index in [0.29, 0.717) is 35.8 Å². The van der Waals surface area contributed by atoms with Crippen molar-refractivity contribution in [3.8, 4) is 5.75 Å². The molecule has 0 radical (unpaired) electrons. The second kappa shape index (κ2) is 10.3. The molecule has 6 nitrogen and oxygen atoms in total. The maximum Gasteiger partial charge on any atom is 0.251 e. The van der Waals surface area contributed by atoms with Crippen molar-refractivity contribution in [3.05, 3.63) is 95.3 Å². The molecule has 1 unspecified atom stereocenters. The van der Waals surface area contributed by atoms with Gasteiger partial charge >= 0.3 is 0 Å². The number of benzene rings is 3. The van der Waals surface area contributed by atoms with Gasteiger partial charge in [-0.25, -0.2) is 4.98 Å². The number of aliphatic hydroxyl groups is 1. The van der Waals surface area contributed by atoms with Gasteiger partial charge in [0.25, 0.3) is 5.91 Å². The fourth-order valence-corrected chi connectivity index (χ4v) is 3.61. The average Bonchev–Trinajstić information content (AvgIpc) is 3.16.